The summed E-state index contributed by atoms with van der Waals surface area (Å²) in [6.07, 6.45) is 5.28. The second-order valence-electron chi connectivity index (χ2n) is 6.39. The van der Waals surface area contributed by atoms with Gasteiger partial charge in [-0.3, -0.25) is 19.9 Å². The first-order valence-corrected chi connectivity index (χ1v) is 8.60. The van der Waals surface area contributed by atoms with Crippen molar-refractivity contribution in [1.29, 1.82) is 0 Å². The standard InChI is InChI=1S/C19H21N3O4/c1-14-17(7-2-8-18(14)22(24)25)19(23)21(13-16-6-4-10-26-16)12-15-5-3-9-20-11-15/h2-3,5,7-9,11,16H,4,6,10,12-13H2,1H3/t16-/m0/s1. The van der Waals surface area contributed by atoms with E-state index in [0.717, 1.165) is 18.4 Å². The lowest BCUT2D eigenvalue weighted by molar-refractivity contribution is -0.385. The maximum absolute atomic E-state index is 13.2. The highest BCUT2D eigenvalue weighted by molar-refractivity contribution is 5.96. The van der Waals surface area contributed by atoms with Gasteiger partial charge in [0.05, 0.1) is 11.0 Å². The fourth-order valence-electron chi connectivity index (χ4n) is 3.19. The largest absolute Gasteiger partial charge is 0.376 e. The number of rotatable bonds is 6. The Labute approximate surface area is 151 Å². The highest BCUT2D eigenvalue weighted by Crippen LogP contribution is 2.24. The van der Waals surface area contributed by atoms with E-state index in [1.165, 1.54) is 6.07 Å². The van der Waals surface area contributed by atoms with Crippen molar-refractivity contribution in [3.8, 4) is 0 Å². The number of pyridine rings is 1. The van der Waals surface area contributed by atoms with Gasteiger partial charge in [0.25, 0.3) is 11.6 Å². The zero-order chi connectivity index (χ0) is 18.5. The summed E-state index contributed by atoms with van der Waals surface area (Å²) in [7, 11) is 0. The first-order valence-electron chi connectivity index (χ1n) is 8.60. The molecule has 1 aliphatic heterocycles. The van der Waals surface area contributed by atoms with Crippen molar-refractivity contribution in [2.75, 3.05) is 13.2 Å². The molecule has 0 spiro atoms. The number of carbonyl (C=O) groups is 1. The van der Waals surface area contributed by atoms with Crippen molar-refractivity contribution < 1.29 is 14.5 Å². The fourth-order valence-corrected chi connectivity index (χ4v) is 3.19. The number of nitro benzene ring substituents is 1. The Balaban J connectivity index is 1.88. The van der Waals surface area contributed by atoms with Crippen molar-refractivity contribution in [3.63, 3.8) is 0 Å². The number of amides is 1. The van der Waals surface area contributed by atoms with E-state index < -0.39 is 4.92 Å². The van der Waals surface area contributed by atoms with Crippen LogP contribution in [0.25, 0.3) is 0 Å². The molecule has 136 valence electrons. The van der Waals surface area contributed by atoms with E-state index in [0.29, 0.717) is 30.8 Å². The van der Waals surface area contributed by atoms with Crippen molar-refractivity contribution >= 4 is 11.6 Å². The van der Waals surface area contributed by atoms with E-state index in [2.05, 4.69) is 4.98 Å². The molecule has 2 heterocycles. The molecule has 3 rings (SSSR count). The van der Waals surface area contributed by atoms with Crippen molar-refractivity contribution in [1.82, 2.24) is 9.88 Å². The molecule has 0 aliphatic carbocycles. The maximum atomic E-state index is 13.2. The van der Waals surface area contributed by atoms with E-state index in [1.807, 2.05) is 12.1 Å². The Morgan fingerprint density at radius 2 is 2.23 bits per heavy atom. The van der Waals surface area contributed by atoms with Gasteiger partial charge >= 0.3 is 0 Å². The molecular formula is C19H21N3O4. The summed E-state index contributed by atoms with van der Waals surface area (Å²) >= 11 is 0. The number of carbonyl (C=O) groups excluding carboxylic acids is 1. The van der Waals surface area contributed by atoms with E-state index in [-0.39, 0.29) is 17.7 Å². The lowest BCUT2D eigenvalue weighted by atomic mass is 10.0. The minimum atomic E-state index is -0.461. The van der Waals surface area contributed by atoms with Crippen molar-refractivity contribution in [2.45, 2.75) is 32.4 Å². The smallest absolute Gasteiger partial charge is 0.273 e. The molecule has 1 atom stereocenters. The van der Waals surface area contributed by atoms with Crippen molar-refractivity contribution in [2.24, 2.45) is 0 Å². The minimum Gasteiger partial charge on any atom is -0.376 e. The minimum absolute atomic E-state index is 0.00498. The van der Waals surface area contributed by atoms with Gasteiger partial charge < -0.3 is 9.64 Å². The van der Waals surface area contributed by atoms with Gasteiger partial charge in [0.1, 0.15) is 0 Å². The van der Waals surface area contributed by atoms with Crippen molar-refractivity contribution in [3.05, 3.63) is 69.5 Å². The second kappa shape index (κ2) is 8.05. The van der Waals surface area contributed by atoms with Crippen LogP contribution < -0.4 is 0 Å². The normalized spacial score (nSPS) is 16.4. The molecule has 1 aromatic heterocycles. The Kier molecular flexibility index (Phi) is 5.58. The van der Waals surface area contributed by atoms with Crippen LogP contribution in [0, 0.1) is 17.0 Å². The van der Waals surface area contributed by atoms with Crippen LogP contribution in [0.2, 0.25) is 0 Å². The molecule has 7 nitrogen and oxygen atoms in total. The molecule has 0 saturated carbocycles. The molecule has 0 bridgehead atoms. The Hall–Kier alpha value is -2.80. The second-order valence-corrected chi connectivity index (χ2v) is 6.39. The first kappa shape index (κ1) is 18.0. The maximum Gasteiger partial charge on any atom is 0.273 e. The zero-order valence-corrected chi connectivity index (χ0v) is 14.6. The number of hydrogen-bond acceptors (Lipinski definition) is 5. The Morgan fingerprint density at radius 3 is 2.88 bits per heavy atom. The quantitative estimate of drug-likeness (QED) is 0.587. The van der Waals surface area contributed by atoms with E-state index in [1.54, 1.807) is 36.4 Å². The number of benzene rings is 1. The molecule has 0 radical (unpaired) electrons. The topological polar surface area (TPSA) is 85.6 Å². The molecule has 1 aliphatic rings. The number of nitro groups is 1. The molecule has 0 unspecified atom stereocenters. The highest BCUT2D eigenvalue weighted by atomic mass is 16.6. The molecule has 1 amide bonds. The Morgan fingerprint density at radius 1 is 1.38 bits per heavy atom. The lowest BCUT2D eigenvalue weighted by Crippen LogP contribution is -2.37. The van der Waals surface area contributed by atoms with Crippen LogP contribution in [0.15, 0.2) is 42.7 Å². The molecule has 1 fully saturated rings. The van der Waals surface area contributed by atoms with Crippen LogP contribution in [-0.4, -0.2) is 40.0 Å². The first-order chi connectivity index (χ1) is 12.6. The fraction of sp³-hybridized carbons (Fsp3) is 0.368. The van der Waals surface area contributed by atoms with Crippen LogP contribution in [0.1, 0.15) is 34.3 Å². The molecule has 1 saturated heterocycles. The molecule has 26 heavy (non-hydrogen) atoms. The number of nitrogens with zero attached hydrogens (tertiary/aromatic N) is 3. The third-order valence-electron chi connectivity index (χ3n) is 4.56. The predicted molar refractivity (Wildman–Crippen MR) is 95.8 cm³/mol. The molecule has 0 N–H and O–H groups in total. The van der Waals surface area contributed by atoms with Gasteiger partial charge in [-0.25, -0.2) is 0 Å². The number of ether oxygens (including phenoxy) is 1. The average molecular weight is 355 g/mol. The molecule has 7 heteroatoms. The van der Waals surface area contributed by atoms with Gasteiger partial charge in [-0.05, 0) is 37.5 Å². The SMILES string of the molecule is Cc1c(C(=O)N(Cc2cccnc2)C[C@@H]2CCCO2)cccc1[N+](=O)[O-]. The van der Waals surface area contributed by atoms with E-state index in [4.69, 9.17) is 4.74 Å². The average Bonchev–Trinajstić information content (AvgIpc) is 3.14. The van der Waals surface area contributed by atoms with Gasteiger partial charge in [0, 0.05) is 49.3 Å². The van der Waals surface area contributed by atoms with Gasteiger partial charge in [-0.2, -0.15) is 0 Å². The number of hydrogen-bond donors (Lipinski definition) is 0. The summed E-state index contributed by atoms with van der Waals surface area (Å²) in [6, 6.07) is 8.33. The highest BCUT2D eigenvalue weighted by Gasteiger charge is 2.26. The van der Waals surface area contributed by atoms with Gasteiger partial charge in [0.2, 0.25) is 0 Å². The summed E-state index contributed by atoms with van der Waals surface area (Å²) in [5.74, 6) is -0.231. The summed E-state index contributed by atoms with van der Waals surface area (Å²) in [5, 5.41) is 11.2. The van der Waals surface area contributed by atoms with Gasteiger partial charge in [-0.1, -0.05) is 12.1 Å². The van der Waals surface area contributed by atoms with Crippen LogP contribution in [0.4, 0.5) is 5.69 Å². The predicted octanol–water partition coefficient (Wildman–Crippen LogP) is 3.12. The lowest BCUT2D eigenvalue weighted by Gasteiger charge is -2.26. The van der Waals surface area contributed by atoms with Gasteiger partial charge in [-0.15, -0.1) is 0 Å². The van der Waals surface area contributed by atoms with Crippen LogP contribution in [0.3, 0.4) is 0 Å². The van der Waals surface area contributed by atoms with Crippen LogP contribution >= 0.6 is 0 Å². The zero-order valence-electron chi connectivity index (χ0n) is 14.6. The summed E-state index contributed by atoms with van der Waals surface area (Å²) < 4.78 is 5.68. The third kappa shape index (κ3) is 4.05. The molecule has 1 aromatic carbocycles. The van der Waals surface area contributed by atoms with Crippen LogP contribution in [-0.2, 0) is 11.3 Å². The van der Waals surface area contributed by atoms with Crippen LogP contribution in [0.5, 0.6) is 0 Å². The van der Waals surface area contributed by atoms with E-state index in [9.17, 15) is 14.9 Å². The molecular weight excluding hydrogens is 334 g/mol. The Bertz CT molecular complexity index is 789. The third-order valence-corrected chi connectivity index (χ3v) is 4.56. The molecule has 2 aromatic rings. The summed E-state index contributed by atoms with van der Waals surface area (Å²) in [4.78, 5) is 29.7. The number of aromatic nitrogens is 1. The summed E-state index contributed by atoms with van der Waals surface area (Å²) in [5.41, 5.74) is 1.59. The van der Waals surface area contributed by atoms with E-state index >= 15 is 0 Å². The van der Waals surface area contributed by atoms with Gasteiger partial charge in [0.15, 0.2) is 0 Å². The summed E-state index contributed by atoms with van der Waals surface area (Å²) in [6.45, 7) is 3.15. The monoisotopic (exact) mass is 355 g/mol.